The lowest BCUT2D eigenvalue weighted by atomic mass is 10.1. The van der Waals surface area contributed by atoms with Crippen molar-refractivity contribution >= 4 is 45.2 Å². The molecule has 0 amide bonds. The second-order valence-corrected chi connectivity index (χ2v) is 11.0. The third-order valence-corrected chi connectivity index (χ3v) is 8.32. The van der Waals surface area contributed by atoms with Crippen molar-refractivity contribution in [1.29, 1.82) is 0 Å². The Labute approximate surface area is 250 Å². The molecule has 0 aliphatic rings. The molecule has 0 spiro atoms. The summed E-state index contributed by atoms with van der Waals surface area (Å²) in [6.45, 7) is 2.00. The number of nitrogens with zero attached hydrogens (tertiary/aromatic N) is 8. The van der Waals surface area contributed by atoms with Gasteiger partial charge in [-0.1, -0.05) is 18.3 Å². The highest BCUT2D eigenvalue weighted by Gasteiger charge is 2.18. The Bertz CT molecular complexity index is 2070. The van der Waals surface area contributed by atoms with Gasteiger partial charge in [-0.15, -0.1) is 16.4 Å². The Morgan fingerprint density at radius 3 is 2.16 bits per heavy atom. The van der Waals surface area contributed by atoms with Crippen LogP contribution in [0.25, 0.3) is 33.2 Å². The molecule has 0 saturated heterocycles. The molecule has 15 heteroatoms. The van der Waals surface area contributed by atoms with Crippen LogP contribution in [0.3, 0.4) is 0 Å². The van der Waals surface area contributed by atoms with E-state index in [0.717, 1.165) is 22.7 Å². The van der Waals surface area contributed by atoms with Gasteiger partial charge in [0.1, 0.15) is 22.1 Å². The highest BCUT2D eigenvalue weighted by Crippen LogP contribution is 2.29. The summed E-state index contributed by atoms with van der Waals surface area (Å²) >= 11 is 2.77. The third kappa shape index (κ3) is 5.41. The van der Waals surface area contributed by atoms with Crippen molar-refractivity contribution < 1.29 is 15.0 Å². The lowest BCUT2D eigenvalue weighted by Gasteiger charge is -2.09. The maximum absolute atomic E-state index is 11.2. The molecule has 0 aliphatic carbocycles. The van der Waals surface area contributed by atoms with E-state index in [1.54, 1.807) is 59.3 Å². The Morgan fingerprint density at radius 2 is 1.56 bits per heavy atom. The summed E-state index contributed by atoms with van der Waals surface area (Å²) in [4.78, 5) is 27.3. The zero-order chi connectivity index (χ0) is 30.1. The van der Waals surface area contributed by atoms with Gasteiger partial charge in [0.2, 0.25) is 9.76 Å². The number of aromatic nitrogens is 4. The summed E-state index contributed by atoms with van der Waals surface area (Å²) in [5.74, 6) is 0.103. The van der Waals surface area contributed by atoms with Crippen molar-refractivity contribution in [2.45, 2.75) is 13.3 Å². The number of hydrogen-bond donors (Lipinski definition) is 1. The van der Waals surface area contributed by atoms with Gasteiger partial charge in [-0.2, -0.15) is 10.2 Å². The highest BCUT2D eigenvalue weighted by molar-refractivity contribution is 7.16. The summed E-state index contributed by atoms with van der Waals surface area (Å²) in [6.07, 6.45) is 2.28. The van der Waals surface area contributed by atoms with Crippen LogP contribution in [-0.4, -0.2) is 40.3 Å². The molecule has 6 rings (SSSR count). The molecule has 0 unspecified atom stereocenters. The standard InChI is InChI=1S/C28H20N8O5S2/c1-2-25-32-34-23(26(30-27(34)43-25)18-5-9-21(10-6-18)36(40)41)15-29-31-28-33(19-11-13-22(37)14-12-19)24(16-42-28)17-3-7-20(8-4-17)35(38)39/h3-16,37H,2H2,1H3/b29-15+,31-28-. The van der Waals surface area contributed by atoms with E-state index in [2.05, 4.69) is 15.3 Å². The lowest BCUT2D eigenvalue weighted by Crippen LogP contribution is -2.13. The number of phenols is 1. The van der Waals surface area contributed by atoms with E-state index >= 15 is 0 Å². The van der Waals surface area contributed by atoms with Crippen LogP contribution in [0.2, 0.25) is 0 Å². The summed E-state index contributed by atoms with van der Waals surface area (Å²) < 4.78 is 3.52. The first-order valence-electron chi connectivity index (χ1n) is 12.8. The van der Waals surface area contributed by atoms with Crippen LogP contribution in [0.5, 0.6) is 5.75 Å². The molecule has 13 nitrogen and oxygen atoms in total. The molecule has 0 aliphatic heterocycles. The topological polar surface area (TPSA) is 166 Å². The third-order valence-electron chi connectivity index (χ3n) is 6.45. The number of rotatable bonds is 8. The summed E-state index contributed by atoms with van der Waals surface area (Å²) in [6, 6.07) is 18.9. The van der Waals surface area contributed by atoms with E-state index < -0.39 is 9.85 Å². The van der Waals surface area contributed by atoms with Crippen molar-refractivity contribution in [2.75, 3.05) is 0 Å². The molecular formula is C28H20N8O5S2. The fraction of sp³-hybridized carbons (Fsp3) is 0.0714. The monoisotopic (exact) mass is 612 g/mol. The Morgan fingerprint density at radius 1 is 0.930 bits per heavy atom. The minimum absolute atomic E-state index is 0.0195. The molecule has 0 fully saturated rings. The Hall–Kier alpha value is -5.54. The van der Waals surface area contributed by atoms with Crippen LogP contribution in [0.1, 0.15) is 17.6 Å². The van der Waals surface area contributed by atoms with Gasteiger partial charge in [-0.05, 0) is 60.5 Å². The Balaban J connectivity index is 1.46. The summed E-state index contributed by atoms with van der Waals surface area (Å²) in [7, 11) is 0. The number of non-ortho nitro benzene ring substituents is 2. The number of hydrogen-bond acceptors (Lipinski definition) is 11. The van der Waals surface area contributed by atoms with E-state index in [1.165, 1.54) is 46.9 Å². The van der Waals surface area contributed by atoms with Gasteiger partial charge in [-0.3, -0.25) is 24.8 Å². The van der Waals surface area contributed by atoms with Crippen molar-refractivity contribution in [3.8, 4) is 34.0 Å². The molecule has 43 heavy (non-hydrogen) atoms. The van der Waals surface area contributed by atoms with Gasteiger partial charge in [0.15, 0.2) is 0 Å². The van der Waals surface area contributed by atoms with Crippen LogP contribution in [0.4, 0.5) is 11.4 Å². The van der Waals surface area contributed by atoms with E-state index in [-0.39, 0.29) is 17.1 Å². The van der Waals surface area contributed by atoms with Gasteiger partial charge in [-0.25, -0.2) is 9.50 Å². The second-order valence-electron chi connectivity index (χ2n) is 9.10. The predicted molar refractivity (Wildman–Crippen MR) is 163 cm³/mol. The van der Waals surface area contributed by atoms with Crippen LogP contribution in [0, 0.1) is 20.2 Å². The van der Waals surface area contributed by atoms with Gasteiger partial charge in [0.05, 0.1) is 21.8 Å². The molecule has 3 heterocycles. The molecule has 0 atom stereocenters. The predicted octanol–water partition coefficient (Wildman–Crippen LogP) is 6.00. The number of aryl methyl sites for hydroxylation is 1. The number of nitro groups is 2. The number of imidazole rings is 1. The summed E-state index contributed by atoms with van der Waals surface area (Å²) in [5, 5.41) is 48.4. The van der Waals surface area contributed by atoms with E-state index in [0.29, 0.717) is 32.4 Å². The van der Waals surface area contributed by atoms with Crippen LogP contribution < -0.4 is 4.80 Å². The lowest BCUT2D eigenvalue weighted by molar-refractivity contribution is -0.385. The molecule has 0 radical (unpaired) electrons. The largest absolute Gasteiger partial charge is 0.508 e. The van der Waals surface area contributed by atoms with Gasteiger partial charge < -0.3 is 5.11 Å². The molecule has 6 aromatic rings. The quantitative estimate of drug-likeness (QED) is 0.125. The zero-order valence-corrected chi connectivity index (χ0v) is 23.9. The van der Waals surface area contributed by atoms with Crippen molar-refractivity contribution in [3.05, 3.63) is 114 Å². The maximum Gasteiger partial charge on any atom is 0.269 e. The average molecular weight is 613 g/mol. The van der Waals surface area contributed by atoms with Crippen LogP contribution >= 0.6 is 22.7 Å². The SMILES string of the molecule is CCc1nn2c(/C=N/N=c3\scc(-c4ccc([N+](=O)[O-])cc4)n3-c3ccc(O)cc3)c(-c3ccc([N+](=O)[O-])cc3)nc2s1. The van der Waals surface area contributed by atoms with Crippen LogP contribution in [-0.2, 0) is 6.42 Å². The maximum atomic E-state index is 11.2. The number of nitro benzene ring substituents is 2. The van der Waals surface area contributed by atoms with Crippen molar-refractivity contribution in [2.24, 2.45) is 10.2 Å². The number of benzene rings is 3. The molecule has 3 aromatic heterocycles. The first-order chi connectivity index (χ1) is 20.8. The van der Waals surface area contributed by atoms with Crippen LogP contribution in [0.15, 0.2) is 88.4 Å². The minimum atomic E-state index is -0.457. The number of aromatic hydroxyl groups is 1. The first kappa shape index (κ1) is 27.6. The fourth-order valence-electron chi connectivity index (χ4n) is 4.34. The first-order valence-corrected chi connectivity index (χ1v) is 14.5. The normalized spacial score (nSPS) is 12.0. The molecule has 0 saturated carbocycles. The summed E-state index contributed by atoms with van der Waals surface area (Å²) in [5.41, 5.74) is 3.89. The van der Waals surface area contributed by atoms with Gasteiger partial charge >= 0.3 is 0 Å². The zero-order valence-electron chi connectivity index (χ0n) is 22.3. The number of fused-ring (bicyclic) bond motifs is 1. The molecular weight excluding hydrogens is 592 g/mol. The molecule has 3 aromatic carbocycles. The van der Waals surface area contributed by atoms with E-state index in [4.69, 9.17) is 4.98 Å². The van der Waals surface area contributed by atoms with E-state index in [1.807, 2.05) is 16.9 Å². The van der Waals surface area contributed by atoms with Gasteiger partial charge in [0.25, 0.3) is 11.4 Å². The van der Waals surface area contributed by atoms with E-state index in [9.17, 15) is 25.3 Å². The second kappa shape index (κ2) is 11.4. The molecule has 214 valence electrons. The minimum Gasteiger partial charge on any atom is -0.508 e. The highest BCUT2D eigenvalue weighted by atomic mass is 32.1. The van der Waals surface area contributed by atoms with Crippen molar-refractivity contribution in [3.63, 3.8) is 0 Å². The molecule has 0 bridgehead atoms. The van der Waals surface area contributed by atoms with Crippen molar-refractivity contribution in [1.82, 2.24) is 19.2 Å². The average Bonchev–Trinajstić information content (AvgIpc) is 3.71. The molecule has 1 N–H and O–H groups in total. The van der Waals surface area contributed by atoms with Gasteiger partial charge in [0, 0.05) is 40.9 Å². The fourth-order valence-corrected chi connectivity index (χ4v) is 6.04. The Kier molecular flexibility index (Phi) is 7.31. The number of thiazole rings is 1. The number of phenolic OH excluding ortho intramolecular Hbond substituents is 1. The smallest absolute Gasteiger partial charge is 0.269 e.